The van der Waals surface area contributed by atoms with Gasteiger partial charge in [0.15, 0.2) is 5.78 Å². The normalized spacial score (nSPS) is 19.3. The van der Waals surface area contributed by atoms with E-state index in [2.05, 4.69) is 6.07 Å². The molecule has 4 rings (SSSR count). The highest BCUT2D eigenvalue weighted by Gasteiger charge is 2.31. The van der Waals surface area contributed by atoms with E-state index in [1.165, 1.54) is 10.4 Å². The molecular formula is C20H18Cl2O4. The number of carboxylic acid groups (broad SMARTS) is 1. The van der Waals surface area contributed by atoms with E-state index < -0.39 is 5.97 Å². The van der Waals surface area contributed by atoms with Gasteiger partial charge in [0, 0.05) is 10.2 Å². The van der Waals surface area contributed by atoms with Gasteiger partial charge in [0.25, 0.3) is 0 Å². The minimum Gasteiger partial charge on any atom is -0.490 e. The van der Waals surface area contributed by atoms with Crippen LogP contribution < -0.4 is 4.74 Å². The number of benzene rings is 2. The van der Waals surface area contributed by atoms with Crippen molar-refractivity contribution in [2.75, 3.05) is 5.88 Å². The van der Waals surface area contributed by atoms with E-state index in [9.17, 15) is 9.59 Å². The second-order valence-corrected chi connectivity index (χ2v) is 7.01. The quantitative estimate of drug-likeness (QED) is 0.505. The molecule has 1 aromatic rings. The maximum atomic E-state index is 11.7. The molecule has 0 aliphatic heterocycles. The predicted octanol–water partition coefficient (Wildman–Crippen LogP) is 4.68. The number of para-hydroxylation sites is 1. The molecule has 3 aliphatic carbocycles. The number of rotatable bonds is 5. The zero-order valence-electron chi connectivity index (χ0n) is 14.0. The Morgan fingerprint density at radius 3 is 2.38 bits per heavy atom. The van der Waals surface area contributed by atoms with Crippen molar-refractivity contribution in [1.82, 2.24) is 0 Å². The first-order valence-corrected chi connectivity index (χ1v) is 9.28. The monoisotopic (exact) mass is 392 g/mol. The lowest BCUT2D eigenvalue weighted by Crippen LogP contribution is -2.17. The minimum absolute atomic E-state index is 0.0945. The van der Waals surface area contributed by atoms with Crippen LogP contribution in [0.2, 0.25) is 5.02 Å². The summed E-state index contributed by atoms with van der Waals surface area (Å²) in [6, 6.07) is 13.0. The second kappa shape index (κ2) is 8.11. The number of hydrogen-bond acceptors (Lipinski definition) is 3. The van der Waals surface area contributed by atoms with Gasteiger partial charge in [-0.05, 0) is 42.7 Å². The first kappa shape index (κ1) is 18.7. The molecular weight excluding hydrogens is 375 g/mol. The summed E-state index contributed by atoms with van der Waals surface area (Å²) in [7, 11) is 0. The van der Waals surface area contributed by atoms with Gasteiger partial charge >= 0.3 is 5.97 Å². The molecule has 0 radical (unpaired) electrons. The Balaban J connectivity index is 0.000000229. The van der Waals surface area contributed by atoms with Crippen molar-refractivity contribution < 1.29 is 19.4 Å². The molecule has 2 atom stereocenters. The molecule has 0 spiro atoms. The zero-order chi connectivity index (χ0) is 18.7. The lowest BCUT2D eigenvalue weighted by molar-refractivity contribution is -0.141. The van der Waals surface area contributed by atoms with Crippen LogP contribution in [0, 0.1) is 16.4 Å². The molecule has 136 valence electrons. The fourth-order valence-corrected chi connectivity index (χ4v) is 3.50. The van der Waals surface area contributed by atoms with Crippen molar-refractivity contribution in [2.24, 2.45) is 5.92 Å². The first-order chi connectivity index (χ1) is 12.5. The Morgan fingerprint density at radius 2 is 1.92 bits per heavy atom. The predicted molar refractivity (Wildman–Crippen MR) is 100 cm³/mol. The van der Waals surface area contributed by atoms with Crippen LogP contribution >= 0.6 is 23.2 Å². The Morgan fingerprint density at radius 1 is 1.15 bits per heavy atom. The minimum atomic E-state index is -0.781. The van der Waals surface area contributed by atoms with Crippen LogP contribution in [0.3, 0.4) is 0 Å². The third-order valence-corrected chi connectivity index (χ3v) is 5.17. The smallest absolute Gasteiger partial charge is 0.306 e. The lowest BCUT2D eigenvalue weighted by Gasteiger charge is -2.15. The summed E-state index contributed by atoms with van der Waals surface area (Å²) >= 11 is 11.2. The van der Waals surface area contributed by atoms with Crippen LogP contribution in [0.25, 0.3) is 0 Å². The summed E-state index contributed by atoms with van der Waals surface area (Å²) in [5.74, 6) is -0.922. The molecule has 6 heteroatoms. The summed E-state index contributed by atoms with van der Waals surface area (Å²) in [4.78, 5) is 22.6. The maximum absolute atomic E-state index is 11.7. The summed E-state index contributed by atoms with van der Waals surface area (Å²) in [6.07, 6.45) is 1.65. The Bertz CT molecular complexity index is 926. The van der Waals surface area contributed by atoms with Gasteiger partial charge in [-0.2, -0.15) is 0 Å². The molecule has 0 amide bonds. The molecule has 4 nitrogen and oxygen atoms in total. The van der Waals surface area contributed by atoms with E-state index in [1.54, 1.807) is 24.3 Å². The van der Waals surface area contributed by atoms with E-state index in [-0.39, 0.29) is 23.7 Å². The third-order valence-electron chi connectivity index (χ3n) is 4.62. The number of alkyl halides is 1. The van der Waals surface area contributed by atoms with Crippen molar-refractivity contribution in [2.45, 2.75) is 25.4 Å². The van der Waals surface area contributed by atoms with Gasteiger partial charge in [0.05, 0.1) is 23.5 Å². The lowest BCUT2D eigenvalue weighted by atomic mass is 10.1. The number of hydrogen-bond donors (Lipinski definition) is 1. The molecule has 0 saturated heterocycles. The molecule has 1 N–H and O–H groups in total. The molecule has 3 aliphatic rings. The van der Waals surface area contributed by atoms with E-state index in [4.69, 9.17) is 33.0 Å². The number of carbonyl (C=O) groups excluding carboxylic acids is 1. The standard InChI is InChI=1S/C14H15ClO4.C6H3Cl/c15-8-12(16)11-3-1-2-4-13(11)19-10-6-5-9(7-10)14(17)18;7-6-3-4-1-2-5(4)6/h1-4,9-10H,5-8H2,(H,17,18);1-3H. The van der Waals surface area contributed by atoms with Crippen molar-refractivity contribution in [3.63, 3.8) is 0 Å². The summed E-state index contributed by atoms with van der Waals surface area (Å²) in [6.45, 7) is 0. The van der Waals surface area contributed by atoms with Crippen LogP contribution in [0.15, 0.2) is 42.5 Å². The van der Waals surface area contributed by atoms with Gasteiger partial charge in [-0.3, -0.25) is 9.59 Å². The van der Waals surface area contributed by atoms with Gasteiger partial charge in [0.1, 0.15) is 5.75 Å². The van der Waals surface area contributed by atoms with Crippen LogP contribution in [0.4, 0.5) is 0 Å². The van der Waals surface area contributed by atoms with E-state index >= 15 is 0 Å². The maximum Gasteiger partial charge on any atom is 0.306 e. The van der Waals surface area contributed by atoms with Crippen LogP contribution in [0.1, 0.15) is 29.6 Å². The number of carbonyl (C=O) groups is 2. The van der Waals surface area contributed by atoms with Crippen molar-refractivity contribution in [3.8, 4) is 5.75 Å². The highest BCUT2D eigenvalue weighted by Crippen LogP contribution is 2.31. The summed E-state index contributed by atoms with van der Waals surface area (Å²) < 4.78 is 5.77. The molecule has 0 aromatic heterocycles. The number of halogens is 2. The van der Waals surface area contributed by atoms with Gasteiger partial charge in [-0.1, -0.05) is 35.9 Å². The fraction of sp³-hybridized carbons (Fsp3) is 0.300. The second-order valence-electron chi connectivity index (χ2n) is 6.34. The Kier molecular flexibility index (Phi) is 5.84. The number of Topliss-reactive ketones (excluding diaryl/α,β-unsaturated/α-hetero) is 1. The SMILES string of the molecule is Clc1cc2ccc1=2.O=C(CCl)c1ccccc1OC1CCC(C(=O)O)C1. The van der Waals surface area contributed by atoms with Gasteiger partial charge in [-0.15, -0.1) is 11.6 Å². The van der Waals surface area contributed by atoms with E-state index in [0.717, 1.165) is 5.02 Å². The van der Waals surface area contributed by atoms with Gasteiger partial charge in [-0.25, -0.2) is 0 Å². The summed E-state index contributed by atoms with van der Waals surface area (Å²) in [5, 5.41) is 12.4. The van der Waals surface area contributed by atoms with Crippen LogP contribution in [0.5, 0.6) is 5.75 Å². The third kappa shape index (κ3) is 4.02. The molecule has 1 saturated carbocycles. The fourth-order valence-electron chi connectivity index (χ4n) is 3.07. The average Bonchev–Trinajstić information content (AvgIpc) is 3.08. The highest BCUT2D eigenvalue weighted by atomic mass is 35.5. The first-order valence-electron chi connectivity index (χ1n) is 8.37. The topological polar surface area (TPSA) is 63.6 Å². The molecule has 1 fully saturated rings. The number of ketones is 1. The van der Waals surface area contributed by atoms with Crippen LogP contribution in [-0.4, -0.2) is 28.8 Å². The summed E-state index contributed by atoms with van der Waals surface area (Å²) in [5.41, 5.74) is 0.455. The zero-order valence-corrected chi connectivity index (χ0v) is 15.5. The molecule has 0 heterocycles. The Labute approximate surface area is 161 Å². The number of aliphatic carboxylic acids is 1. The van der Waals surface area contributed by atoms with Crippen molar-refractivity contribution >= 4 is 35.0 Å². The highest BCUT2D eigenvalue weighted by molar-refractivity contribution is 6.31. The van der Waals surface area contributed by atoms with E-state index in [1.807, 2.05) is 12.1 Å². The van der Waals surface area contributed by atoms with E-state index in [0.29, 0.717) is 30.6 Å². The molecule has 26 heavy (non-hydrogen) atoms. The Hall–Kier alpha value is -2.04. The largest absolute Gasteiger partial charge is 0.490 e. The van der Waals surface area contributed by atoms with Gasteiger partial charge < -0.3 is 9.84 Å². The molecule has 2 unspecified atom stereocenters. The van der Waals surface area contributed by atoms with Gasteiger partial charge in [0.2, 0.25) is 0 Å². The molecule has 0 bridgehead atoms. The van der Waals surface area contributed by atoms with Crippen molar-refractivity contribution in [3.05, 3.63) is 63.5 Å². The number of ether oxygens (including phenoxy) is 1. The van der Waals surface area contributed by atoms with Crippen molar-refractivity contribution in [1.29, 1.82) is 0 Å². The molecule has 1 aromatic carbocycles. The average molecular weight is 393 g/mol. The number of carboxylic acids is 1. The van der Waals surface area contributed by atoms with Crippen LogP contribution in [-0.2, 0) is 4.79 Å².